The molecule has 0 bridgehead atoms. The van der Waals surface area contributed by atoms with Crippen molar-refractivity contribution in [1.82, 2.24) is 14.9 Å². The molecule has 136 valence electrons. The summed E-state index contributed by atoms with van der Waals surface area (Å²) in [7, 11) is -3.71. The van der Waals surface area contributed by atoms with E-state index in [1.807, 2.05) is 20.8 Å². The molecule has 0 fully saturated rings. The third-order valence-electron chi connectivity index (χ3n) is 3.75. The van der Waals surface area contributed by atoms with Gasteiger partial charge in [-0.1, -0.05) is 20.8 Å². The quantitative estimate of drug-likeness (QED) is 0.609. The highest BCUT2D eigenvalue weighted by Gasteiger charge is 2.33. The van der Waals surface area contributed by atoms with Gasteiger partial charge in [0.05, 0.1) is 10.4 Å². The summed E-state index contributed by atoms with van der Waals surface area (Å²) in [5, 5.41) is 11.7. The molecule has 1 aliphatic rings. The van der Waals surface area contributed by atoms with Gasteiger partial charge in [-0.3, -0.25) is 4.79 Å². The lowest BCUT2D eigenvalue weighted by Gasteiger charge is -2.37. The molecular weight excluding hydrogens is 368 g/mol. The van der Waals surface area contributed by atoms with E-state index in [0.29, 0.717) is 13.0 Å². The summed E-state index contributed by atoms with van der Waals surface area (Å²) in [6.07, 6.45) is 1.10. The zero-order valence-electron chi connectivity index (χ0n) is 14.0. The lowest BCUT2D eigenvalue weighted by Crippen LogP contribution is -2.48. The van der Waals surface area contributed by atoms with Crippen LogP contribution in [0.1, 0.15) is 45.2 Å². The fourth-order valence-electron chi connectivity index (χ4n) is 2.52. The van der Waals surface area contributed by atoms with Crippen LogP contribution in [0.25, 0.3) is 0 Å². The number of nitrogens with zero attached hydrogens (tertiary/aromatic N) is 1. The van der Waals surface area contributed by atoms with Crippen LogP contribution >= 0.6 is 23.3 Å². The Morgan fingerprint density at radius 1 is 1.46 bits per heavy atom. The molecule has 0 saturated heterocycles. The number of hydrogen-bond acceptors (Lipinski definition) is 7. The van der Waals surface area contributed by atoms with E-state index >= 15 is 0 Å². The molecule has 1 aromatic rings. The largest absolute Gasteiger partial charge is 0.340 e. The van der Waals surface area contributed by atoms with Gasteiger partial charge in [0.2, 0.25) is 15.9 Å². The molecule has 2 unspecified atom stereocenters. The molecule has 2 rings (SSSR count). The first-order valence-electron chi connectivity index (χ1n) is 7.93. The van der Waals surface area contributed by atoms with Crippen LogP contribution in [0.2, 0.25) is 0 Å². The first kappa shape index (κ1) is 19.7. The highest BCUT2D eigenvalue weighted by Crippen LogP contribution is 2.44. The molecule has 1 aromatic heterocycles. The number of hydrogen-bond donors (Lipinski definition) is 3. The Kier molecular flexibility index (Phi) is 6.68. The van der Waals surface area contributed by atoms with Crippen LogP contribution in [0.4, 0.5) is 0 Å². The monoisotopic (exact) mass is 392 g/mol. The molecule has 7 nitrogen and oxygen atoms in total. The van der Waals surface area contributed by atoms with E-state index < -0.39 is 10.0 Å². The molecule has 1 amide bonds. The molecule has 2 heterocycles. The van der Waals surface area contributed by atoms with Gasteiger partial charge in [-0.05, 0) is 36.5 Å². The maximum absolute atomic E-state index is 11.8. The highest BCUT2D eigenvalue weighted by atomic mass is 32.3. The molecule has 0 spiro atoms. The van der Waals surface area contributed by atoms with Gasteiger partial charge in [0, 0.05) is 19.0 Å². The number of nitrogens with two attached hydrogens (primary N) is 1. The molecule has 1 aliphatic heterocycles. The average molecular weight is 393 g/mol. The molecule has 4 N–H and O–H groups in total. The van der Waals surface area contributed by atoms with E-state index in [1.54, 1.807) is 6.07 Å². The van der Waals surface area contributed by atoms with Crippen molar-refractivity contribution in [3.63, 3.8) is 0 Å². The van der Waals surface area contributed by atoms with E-state index in [4.69, 9.17) is 5.14 Å². The standard InChI is InChI=1S/C14H24N4O3S3/c1-4-11(17-12(19)5-2)18-8-10(16-6-3)9-7-13(24(15,20)21)22-14(9)23-18/h7,10-11,16H,4-6,8H2,1-3H3,(H,17,19)(H2,15,20,21). The highest BCUT2D eigenvalue weighted by molar-refractivity contribution is 7.99. The Hall–Kier alpha value is -0.650. The molecule has 0 saturated carbocycles. The summed E-state index contributed by atoms with van der Waals surface area (Å²) >= 11 is 2.67. The van der Waals surface area contributed by atoms with Crippen LogP contribution in [0.15, 0.2) is 14.5 Å². The number of nitrogens with one attached hydrogen (secondary N) is 2. The molecule has 10 heteroatoms. The van der Waals surface area contributed by atoms with Crippen molar-refractivity contribution in [2.75, 3.05) is 13.1 Å². The second-order valence-electron chi connectivity index (χ2n) is 5.50. The maximum atomic E-state index is 11.8. The smallest absolute Gasteiger partial charge is 0.247 e. The number of sulfonamides is 1. The van der Waals surface area contributed by atoms with Crippen LogP contribution in [0.3, 0.4) is 0 Å². The van der Waals surface area contributed by atoms with Crippen LogP contribution in [0, 0.1) is 0 Å². The van der Waals surface area contributed by atoms with Crippen LogP contribution in [0.5, 0.6) is 0 Å². The number of carbonyl (C=O) groups is 1. The van der Waals surface area contributed by atoms with Crippen LogP contribution in [-0.4, -0.2) is 37.9 Å². The van der Waals surface area contributed by atoms with E-state index in [9.17, 15) is 13.2 Å². The molecule has 2 atom stereocenters. The van der Waals surface area contributed by atoms with Crippen LogP contribution in [-0.2, 0) is 14.8 Å². The number of carbonyl (C=O) groups excluding carboxylic acids is 1. The fraction of sp³-hybridized carbons (Fsp3) is 0.643. The summed E-state index contributed by atoms with van der Waals surface area (Å²) in [6.45, 7) is 7.29. The zero-order chi connectivity index (χ0) is 17.9. The fourth-order valence-corrected chi connectivity index (χ4v) is 6.15. The number of fused-ring (bicyclic) bond motifs is 1. The Labute approximate surface area is 151 Å². The topological polar surface area (TPSA) is 105 Å². The first-order chi connectivity index (χ1) is 11.3. The van der Waals surface area contributed by atoms with Crippen molar-refractivity contribution in [1.29, 1.82) is 0 Å². The van der Waals surface area contributed by atoms with Crippen molar-refractivity contribution in [3.05, 3.63) is 11.6 Å². The average Bonchev–Trinajstić information content (AvgIpc) is 2.97. The predicted molar refractivity (Wildman–Crippen MR) is 97.2 cm³/mol. The number of amides is 1. The Bertz CT molecular complexity index is 689. The first-order valence-corrected chi connectivity index (χ1v) is 11.1. The predicted octanol–water partition coefficient (Wildman–Crippen LogP) is 1.63. The molecule has 0 aliphatic carbocycles. The lowest BCUT2D eigenvalue weighted by molar-refractivity contribution is -0.122. The number of rotatable bonds is 7. The van der Waals surface area contributed by atoms with E-state index in [2.05, 4.69) is 14.9 Å². The summed E-state index contributed by atoms with van der Waals surface area (Å²) in [6, 6.07) is 1.67. The van der Waals surface area contributed by atoms with Gasteiger partial charge < -0.3 is 10.6 Å². The van der Waals surface area contributed by atoms with E-state index in [0.717, 1.165) is 22.7 Å². The SMILES string of the molecule is CCNC1CN(C(CC)NC(=O)CC)Sc2sc(S(N)(=O)=O)cc21. The second-order valence-corrected chi connectivity index (χ2v) is 9.66. The summed E-state index contributed by atoms with van der Waals surface area (Å²) in [4.78, 5) is 11.8. The Morgan fingerprint density at radius 3 is 2.71 bits per heavy atom. The third kappa shape index (κ3) is 4.50. The van der Waals surface area contributed by atoms with Gasteiger partial charge in [-0.15, -0.1) is 11.3 Å². The summed E-state index contributed by atoms with van der Waals surface area (Å²) in [5.41, 5.74) is 0.962. The normalized spacial score (nSPS) is 19.8. The minimum absolute atomic E-state index is 0.00431. The van der Waals surface area contributed by atoms with Gasteiger partial charge >= 0.3 is 0 Å². The van der Waals surface area contributed by atoms with Gasteiger partial charge in [-0.25, -0.2) is 17.9 Å². The number of likely N-dealkylation sites (N-methyl/N-ethyl adjacent to an activating group) is 1. The summed E-state index contributed by atoms with van der Waals surface area (Å²) in [5.74, 6) is 0.00431. The van der Waals surface area contributed by atoms with Crippen molar-refractivity contribution >= 4 is 39.2 Å². The minimum atomic E-state index is -3.71. The van der Waals surface area contributed by atoms with Crippen molar-refractivity contribution in [3.8, 4) is 0 Å². The lowest BCUT2D eigenvalue weighted by atomic mass is 10.1. The molecule has 0 aromatic carbocycles. The minimum Gasteiger partial charge on any atom is -0.340 e. The molecule has 24 heavy (non-hydrogen) atoms. The Morgan fingerprint density at radius 2 is 2.17 bits per heavy atom. The van der Waals surface area contributed by atoms with Gasteiger partial charge in [0.15, 0.2) is 0 Å². The second kappa shape index (κ2) is 8.15. The third-order valence-corrected chi connectivity index (χ3v) is 7.63. The molecule has 0 radical (unpaired) electrons. The summed E-state index contributed by atoms with van der Waals surface area (Å²) < 4.78 is 26.5. The maximum Gasteiger partial charge on any atom is 0.247 e. The van der Waals surface area contributed by atoms with Crippen LogP contribution < -0.4 is 15.8 Å². The van der Waals surface area contributed by atoms with Gasteiger partial charge in [0.25, 0.3) is 0 Å². The number of thiophene rings is 1. The van der Waals surface area contributed by atoms with Gasteiger partial charge in [-0.2, -0.15) is 0 Å². The van der Waals surface area contributed by atoms with E-state index in [-0.39, 0.29) is 22.3 Å². The molecular formula is C14H24N4O3S3. The van der Waals surface area contributed by atoms with Crippen molar-refractivity contribution in [2.24, 2.45) is 5.14 Å². The van der Waals surface area contributed by atoms with Gasteiger partial charge in [0.1, 0.15) is 4.21 Å². The van der Waals surface area contributed by atoms with E-state index in [1.165, 1.54) is 23.3 Å². The zero-order valence-corrected chi connectivity index (χ0v) is 16.5. The Balaban J connectivity index is 2.30. The van der Waals surface area contributed by atoms with Crippen molar-refractivity contribution < 1.29 is 13.2 Å². The van der Waals surface area contributed by atoms with Crippen molar-refractivity contribution in [2.45, 2.75) is 54.2 Å². The number of primary sulfonamides is 1.